The Labute approximate surface area is 152 Å². The van der Waals surface area contributed by atoms with Crippen LogP contribution in [0.3, 0.4) is 0 Å². The Morgan fingerprint density at radius 1 is 1.28 bits per heavy atom. The smallest absolute Gasteiger partial charge is 0.140 e. The number of nitrogens with one attached hydrogen (secondary N) is 1. The molecule has 132 valence electrons. The van der Waals surface area contributed by atoms with Crippen LogP contribution in [0.1, 0.15) is 23.2 Å². The van der Waals surface area contributed by atoms with Crippen molar-refractivity contribution >= 4 is 11.3 Å². The van der Waals surface area contributed by atoms with Crippen molar-refractivity contribution in [2.24, 2.45) is 5.92 Å². The lowest BCUT2D eigenvalue weighted by Gasteiger charge is -2.12. The highest BCUT2D eigenvalue weighted by molar-refractivity contribution is 7.09. The first kappa shape index (κ1) is 17.6. The van der Waals surface area contributed by atoms with E-state index in [9.17, 15) is 0 Å². The number of hydrogen-bond donors (Lipinski definition) is 1. The number of benzene rings is 1. The summed E-state index contributed by atoms with van der Waals surface area (Å²) in [7, 11) is 0. The number of nitrogens with zero attached hydrogens (tertiary/aromatic N) is 3. The average molecular weight is 356 g/mol. The number of rotatable bonds is 9. The van der Waals surface area contributed by atoms with Crippen molar-refractivity contribution in [3.63, 3.8) is 0 Å². The van der Waals surface area contributed by atoms with Gasteiger partial charge in [0.25, 0.3) is 0 Å². The first-order chi connectivity index (χ1) is 12.2. The van der Waals surface area contributed by atoms with E-state index in [0.717, 1.165) is 36.1 Å². The minimum absolute atomic E-state index is 0.519. The van der Waals surface area contributed by atoms with Crippen LogP contribution in [0.5, 0.6) is 5.75 Å². The van der Waals surface area contributed by atoms with Crippen LogP contribution in [0.15, 0.2) is 48.4 Å². The summed E-state index contributed by atoms with van der Waals surface area (Å²) in [6.45, 7) is 7.53. The second-order valence-electron chi connectivity index (χ2n) is 6.33. The summed E-state index contributed by atoms with van der Waals surface area (Å²) in [5.74, 6) is 1.42. The van der Waals surface area contributed by atoms with Crippen LogP contribution in [-0.2, 0) is 19.7 Å². The molecule has 0 spiro atoms. The van der Waals surface area contributed by atoms with E-state index in [0.29, 0.717) is 12.5 Å². The molecule has 0 aliphatic rings. The molecule has 5 nitrogen and oxygen atoms in total. The van der Waals surface area contributed by atoms with Crippen LogP contribution in [0.25, 0.3) is 0 Å². The quantitative estimate of drug-likeness (QED) is 0.636. The van der Waals surface area contributed by atoms with Crippen molar-refractivity contribution in [3.8, 4) is 5.75 Å². The van der Waals surface area contributed by atoms with Gasteiger partial charge in [0.05, 0.1) is 12.0 Å². The first-order valence-corrected chi connectivity index (χ1v) is 9.36. The fourth-order valence-electron chi connectivity index (χ4n) is 2.54. The lowest BCUT2D eigenvalue weighted by molar-refractivity contribution is 0.305. The summed E-state index contributed by atoms with van der Waals surface area (Å²) >= 11 is 1.65. The highest BCUT2D eigenvalue weighted by Crippen LogP contribution is 2.16. The zero-order valence-electron chi connectivity index (χ0n) is 14.7. The van der Waals surface area contributed by atoms with Crippen LogP contribution < -0.4 is 10.1 Å². The molecule has 25 heavy (non-hydrogen) atoms. The number of aryl methyl sites for hydroxylation is 1. The predicted octanol–water partition coefficient (Wildman–Crippen LogP) is 3.65. The van der Waals surface area contributed by atoms with Crippen LogP contribution in [0.2, 0.25) is 0 Å². The zero-order valence-corrected chi connectivity index (χ0v) is 15.5. The van der Waals surface area contributed by atoms with Crippen molar-refractivity contribution in [3.05, 3.63) is 64.6 Å². The van der Waals surface area contributed by atoms with Crippen molar-refractivity contribution in [2.45, 2.75) is 33.5 Å². The summed E-state index contributed by atoms with van der Waals surface area (Å²) < 4.78 is 7.89. The summed E-state index contributed by atoms with van der Waals surface area (Å²) in [5, 5.41) is 6.58. The Balaban J connectivity index is 1.38. The minimum atomic E-state index is 0.519. The normalized spacial score (nSPS) is 12.2. The summed E-state index contributed by atoms with van der Waals surface area (Å²) in [5.41, 5.74) is 2.31. The molecule has 0 radical (unpaired) electrons. The number of imidazole rings is 1. The molecule has 1 aromatic carbocycles. The maximum atomic E-state index is 5.78. The first-order valence-electron chi connectivity index (χ1n) is 8.48. The van der Waals surface area contributed by atoms with Gasteiger partial charge in [0.1, 0.15) is 17.4 Å². The Morgan fingerprint density at radius 2 is 2.12 bits per heavy atom. The SMILES string of the molecule is Cc1ccc(OCc2nc(CNCC(C)Cn3ccnc3)cs2)cc1. The van der Waals surface area contributed by atoms with Crippen molar-refractivity contribution in [2.75, 3.05) is 6.54 Å². The second kappa shape index (κ2) is 8.78. The fraction of sp³-hybridized carbons (Fsp3) is 0.368. The number of thiazole rings is 1. The maximum absolute atomic E-state index is 5.78. The predicted molar refractivity (Wildman–Crippen MR) is 101 cm³/mol. The Kier molecular flexibility index (Phi) is 6.19. The molecule has 2 heterocycles. The van der Waals surface area contributed by atoms with E-state index >= 15 is 0 Å². The molecule has 1 N–H and O–H groups in total. The Bertz CT molecular complexity index is 752. The van der Waals surface area contributed by atoms with Gasteiger partial charge in [-0.15, -0.1) is 11.3 Å². The summed E-state index contributed by atoms with van der Waals surface area (Å²) in [6.07, 6.45) is 5.67. The molecule has 0 saturated heterocycles. The molecule has 1 atom stereocenters. The highest BCUT2D eigenvalue weighted by atomic mass is 32.1. The van der Waals surface area contributed by atoms with Gasteiger partial charge >= 0.3 is 0 Å². The standard InChI is InChI=1S/C19H24N4OS/c1-15-3-5-18(6-4-15)24-12-19-22-17(13-25-19)10-21-9-16(2)11-23-8-7-20-14-23/h3-8,13-14,16,21H,9-12H2,1-2H3. The molecule has 1 unspecified atom stereocenters. The zero-order chi connectivity index (χ0) is 17.5. The van der Waals surface area contributed by atoms with E-state index in [4.69, 9.17) is 4.74 Å². The Morgan fingerprint density at radius 3 is 2.88 bits per heavy atom. The van der Waals surface area contributed by atoms with E-state index < -0.39 is 0 Å². The van der Waals surface area contributed by atoms with Gasteiger partial charge in [0.2, 0.25) is 0 Å². The van der Waals surface area contributed by atoms with E-state index in [1.54, 1.807) is 11.3 Å². The van der Waals surface area contributed by atoms with Crippen molar-refractivity contribution < 1.29 is 4.74 Å². The third kappa shape index (κ3) is 5.69. The number of ether oxygens (including phenoxy) is 1. The van der Waals surface area contributed by atoms with E-state index in [-0.39, 0.29) is 0 Å². The number of aromatic nitrogens is 3. The van der Waals surface area contributed by atoms with Gasteiger partial charge in [0, 0.05) is 30.9 Å². The average Bonchev–Trinajstić information content (AvgIpc) is 3.26. The lowest BCUT2D eigenvalue weighted by Crippen LogP contribution is -2.23. The maximum Gasteiger partial charge on any atom is 0.140 e. The molecule has 0 aliphatic carbocycles. The van der Waals surface area contributed by atoms with Crippen LogP contribution in [-0.4, -0.2) is 21.1 Å². The van der Waals surface area contributed by atoms with Gasteiger partial charge in [0.15, 0.2) is 0 Å². The van der Waals surface area contributed by atoms with Gasteiger partial charge in [-0.1, -0.05) is 24.6 Å². The molecule has 0 aliphatic heterocycles. The van der Waals surface area contributed by atoms with Crippen LogP contribution in [0, 0.1) is 12.8 Å². The molecule has 6 heteroatoms. The van der Waals surface area contributed by atoms with Crippen molar-refractivity contribution in [1.82, 2.24) is 19.9 Å². The number of hydrogen-bond acceptors (Lipinski definition) is 5. The van der Waals surface area contributed by atoms with Gasteiger partial charge < -0.3 is 14.6 Å². The van der Waals surface area contributed by atoms with Gasteiger partial charge in [-0.3, -0.25) is 0 Å². The molecular weight excluding hydrogens is 332 g/mol. The van der Waals surface area contributed by atoms with Crippen LogP contribution >= 0.6 is 11.3 Å². The summed E-state index contributed by atoms with van der Waals surface area (Å²) in [4.78, 5) is 8.70. The van der Waals surface area contributed by atoms with Gasteiger partial charge in [-0.25, -0.2) is 9.97 Å². The van der Waals surface area contributed by atoms with Gasteiger partial charge in [-0.05, 0) is 31.5 Å². The third-order valence-corrected chi connectivity index (χ3v) is 4.73. The highest BCUT2D eigenvalue weighted by Gasteiger charge is 2.06. The topological polar surface area (TPSA) is 52.0 Å². The van der Waals surface area contributed by atoms with Gasteiger partial charge in [-0.2, -0.15) is 0 Å². The van der Waals surface area contributed by atoms with E-state index in [1.807, 2.05) is 30.9 Å². The van der Waals surface area contributed by atoms with E-state index in [2.05, 4.69) is 51.2 Å². The monoisotopic (exact) mass is 356 g/mol. The molecule has 3 rings (SSSR count). The molecule has 0 fully saturated rings. The molecule has 0 bridgehead atoms. The van der Waals surface area contributed by atoms with Crippen molar-refractivity contribution in [1.29, 1.82) is 0 Å². The largest absolute Gasteiger partial charge is 0.486 e. The minimum Gasteiger partial charge on any atom is -0.486 e. The lowest BCUT2D eigenvalue weighted by atomic mass is 10.2. The van der Waals surface area contributed by atoms with Crippen LogP contribution in [0.4, 0.5) is 0 Å². The third-order valence-electron chi connectivity index (χ3n) is 3.86. The Hall–Kier alpha value is -2.18. The molecular formula is C19H24N4OS. The molecule has 0 amide bonds. The van der Waals surface area contributed by atoms with E-state index in [1.165, 1.54) is 5.56 Å². The fourth-order valence-corrected chi connectivity index (χ4v) is 3.25. The summed E-state index contributed by atoms with van der Waals surface area (Å²) in [6, 6.07) is 8.09. The molecule has 2 aromatic heterocycles. The second-order valence-corrected chi connectivity index (χ2v) is 7.27. The molecule has 3 aromatic rings. The molecule has 0 saturated carbocycles.